The van der Waals surface area contributed by atoms with E-state index >= 15 is 0 Å². The van der Waals surface area contributed by atoms with Crippen molar-refractivity contribution in [2.45, 2.75) is 18.5 Å². The Hall–Kier alpha value is -0.370. The molecular formula is C14H25Cl2N3O2S. The molecule has 2 N–H and O–H groups in total. The molecule has 0 radical (unpaired) electrons. The Morgan fingerprint density at radius 1 is 1.55 bits per heavy atom. The summed E-state index contributed by atoms with van der Waals surface area (Å²) in [6, 6.07) is 2.47. The lowest BCUT2D eigenvalue weighted by molar-refractivity contribution is -0.122. The summed E-state index contributed by atoms with van der Waals surface area (Å²) in [4.78, 5) is 14.1. The minimum absolute atomic E-state index is 0. The highest BCUT2D eigenvalue weighted by Crippen LogP contribution is 2.19. The van der Waals surface area contributed by atoms with Crippen LogP contribution in [0.5, 0.6) is 0 Å². The van der Waals surface area contributed by atoms with Gasteiger partial charge in [0, 0.05) is 25.6 Å². The number of ether oxygens (including phenoxy) is 1. The van der Waals surface area contributed by atoms with Gasteiger partial charge in [0.25, 0.3) is 0 Å². The van der Waals surface area contributed by atoms with Crippen molar-refractivity contribution in [2.75, 3.05) is 40.4 Å². The third-order valence-corrected chi connectivity index (χ3v) is 4.18. The quantitative estimate of drug-likeness (QED) is 0.800. The van der Waals surface area contributed by atoms with Crippen molar-refractivity contribution in [3.63, 3.8) is 0 Å². The number of carbonyl (C=O) groups is 1. The van der Waals surface area contributed by atoms with E-state index in [4.69, 9.17) is 4.74 Å². The van der Waals surface area contributed by atoms with Gasteiger partial charge in [-0.1, -0.05) is 0 Å². The molecule has 0 aromatic carbocycles. The van der Waals surface area contributed by atoms with E-state index in [1.807, 2.05) is 14.1 Å². The van der Waals surface area contributed by atoms with E-state index in [0.717, 1.165) is 13.2 Å². The maximum absolute atomic E-state index is 12.0. The number of nitrogens with zero attached hydrogens (tertiary/aromatic N) is 1. The van der Waals surface area contributed by atoms with Gasteiger partial charge >= 0.3 is 0 Å². The first kappa shape index (κ1) is 21.6. The molecule has 1 amide bonds. The Kier molecular flexibility index (Phi) is 11.0. The molecule has 2 unspecified atom stereocenters. The topological polar surface area (TPSA) is 53.6 Å². The first-order valence-electron chi connectivity index (χ1n) is 6.93. The van der Waals surface area contributed by atoms with Crippen LogP contribution in [-0.4, -0.2) is 57.2 Å². The van der Waals surface area contributed by atoms with Gasteiger partial charge in [0.15, 0.2) is 0 Å². The molecule has 5 nitrogen and oxygen atoms in total. The lowest BCUT2D eigenvalue weighted by atomic mass is 10.1. The highest BCUT2D eigenvalue weighted by molar-refractivity contribution is 7.07. The van der Waals surface area contributed by atoms with E-state index < -0.39 is 0 Å². The van der Waals surface area contributed by atoms with E-state index in [0.29, 0.717) is 19.6 Å². The Labute approximate surface area is 148 Å². The molecule has 2 rings (SSSR count). The largest absolute Gasteiger partial charge is 0.378 e. The van der Waals surface area contributed by atoms with Crippen molar-refractivity contribution in [3.05, 3.63) is 22.4 Å². The van der Waals surface area contributed by atoms with Crippen molar-refractivity contribution in [3.8, 4) is 0 Å². The van der Waals surface area contributed by atoms with Crippen molar-refractivity contribution in [1.29, 1.82) is 0 Å². The first-order valence-corrected chi connectivity index (χ1v) is 7.87. The summed E-state index contributed by atoms with van der Waals surface area (Å²) in [7, 11) is 4.07. The van der Waals surface area contributed by atoms with Crippen molar-refractivity contribution < 1.29 is 9.53 Å². The van der Waals surface area contributed by atoms with E-state index in [-0.39, 0.29) is 42.8 Å². The van der Waals surface area contributed by atoms with Crippen LogP contribution in [0.15, 0.2) is 16.8 Å². The predicted octanol–water partition coefficient (Wildman–Crippen LogP) is 1.69. The molecule has 0 aliphatic carbocycles. The van der Waals surface area contributed by atoms with Gasteiger partial charge in [-0.05, 0) is 36.5 Å². The lowest BCUT2D eigenvalue weighted by Gasteiger charge is -2.26. The third kappa shape index (κ3) is 6.81. The second kappa shape index (κ2) is 11.2. The lowest BCUT2D eigenvalue weighted by Crippen LogP contribution is -2.45. The maximum Gasteiger partial charge on any atom is 0.221 e. The number of rotatable bonds is 6. The molecule has 1 aliphatic heterocycles. The molecule has 0 spiro atoms. The minimum atomic E-state index is 0. The number of amides is 1. The van der Waals surface area contributed by atoms with Crippen LogP contribution in [-0.2, 0) is 9.53 Å². The van der Waals surface area contributed by atoms with Gasteiger partial charge in [-0.2, -0.15) is 11.3 Å². The van der Waals surface area contributed by atoms with Crippen LogP contribution in [0.3, 0.4) is 0 Å². The normalized spacial score (nSPS) is 19.0. The monoisotopic (exact) mass is 369 g/mol. The van der Waals surface area contributed by atoms with Crippen LogP contribution < -0.4 is 10.6 Å². The van der Waals surface area contributed by atoms with Crippen molar-refractivity contribution >= 4 is 42.1 Å². The number of hydrogen-bond acceptors (Lipinski definition) is 5. The molecule has 1 saturated heterocycles. The van der Waals surface area contributed by atoms with Gasteiger partial charge in [-0.25, -0.2) is 0 Å². The van der Waals surface area contributed by atoms with Crippen LogP contribution in [0.25, 0.3) is 0 Å². The molecule has 0 saturated carbocycles. The summed E-state index contributed by atoms with van der Waals surface area (Å²) in [5, 5.41) is 10.5. The molecule has 8 heteroatoms. The first-order chi connectivity index (χ1) is 9.66. The number of thiophene rings is 1. The molecule has 22 heavy (non-hydrogen) atoms. The number of halogens is 2. The van der Waals surface area contributed by atoms with Crippen LogP contribution in [0.1, 0.15) is 18.0 Å². The molecule has 2 heterocycles. The van der Waals surface area contributed by atoms with Crippen LogP contribution in [0, 0.1) is 0 Å². The highest BCUT2D eigenvalue weighted by atomic mass is 35.5. The van der Waals surface area contributed by atoms with Crippen molar-refractivity contribution in [2.24, 2.45) is 0 Å². The maximum atomic E-state index is 12.0. The Morgan fingerprint density at radius 3 is 2.86 bits per heavy atom. The molecule has 0 bridgehead atoms. The Balaban J connectivity index is 0.00000220. The molecule has 1 aromatic rings. The molecule has 1 fully saturated rings. The van der Waals surface area contributed by atoms with E-state index in [1.165, 1.54) is 5.56 Å². The molecule has 2 atom stereocenters. The van der Waals surface area contributed by atoms with Gasteiger partial charge in [-0.3, -0.25) is 4.79 Å². The summed E-state index contributed by atoms with van der Waals surface area (Å²) >= 11 is 1.68. The van der Waals surface area contributed by atoms with Gasteiger partial charge in [0.1, 0.15) is 0 Å². The zero-order valence-corrected chi connectivity index (χ0v) is 15.4. The van der Waals surface area contributed by atoms with Gasteiger partial charge < -0.3 is 20.3 Å². The predicted molar refractivity (Wildman–Crippen MR) is 95.5 cm³/mol. The smallest absolute Gasteiger partial charge is 0.221 e. The number of likely N-dealkylation sites (N-methyl/N-ethyl adjacent to an activating group) is 1. The van der Waals surface area contributed by atoms with Crippen molar-refractivity contribution in [1.82, 2.24) is 15.5 Å². The average molecular weight is 370 g/mol. The summed E-state index contributed by atoms with van der Waals surface area (Å²) in [5.41, 5.74) is 1.25. The summed E-state index contributed by atoms with van der Waals surface area (Å²) in [5.74, 6) is 0.0788. The zero-order valence-electron chi connectivity index (χ0n) is 12.9. The Morgan fingerprint density at radius 2 is 2.32 bits per heavy atom. The fourth-order valence-corrected chi connectivity index (χ4v) is 3.03. The summed E-state index contributed by atoms with van der Waals surface area (Å²) in [6.07, 6.45) is 0.476. The fraction of sp³-hybridized carbons (Fsp3) is 0.643. The number of morpholine rings is 1. The second-order valence-corrected chi connectivity index (χ2v) is 6.05. The summed E-state index contributed by atoms with van der Waals surface area (Å²) < 4.78 is 5.36. The van der Waals surface area contributed by atoms with Crippen LogP contribution >= 0.6 is 36.2 Å². The van der Waals surface area contributed by atoms with E-state index in [9.17, 15) is 4.79 Å². The number of nitrogens with one attached hydrogen (secondary N) is 2. The van der Waals surface area contributed by atoms with E-state index in [2.05, 4.69) is 32.4 Å². The second-order valence-electron chi connectivity index (χ2n) is 5.27. The molecule has 1 aromatic heterocycles. The molecule has 128 valence electrons. The fourth-order valence-electron chi connectivity index (χ4n) is 2.32. The Bertz CT molecular complexity index is 412. The van der Waals surface area contributed by atoms with Crippen LogP contribution in [0.2, 0.25) is 0 Å². The van der Waals surface area contributed by atoms with E-state index in [1.54, 1.807) is 11.3 Å². The molecule has 1 aliphatic rings. The number of hydrogen-bond donors (Lipinski definition) is 2. The summed E-state index contributed by atoms with van der Waals surface area (Å²) in [6.45, 7) is 2.82. The van der Waals surface area contributed by atoms with Gasteiger partial charge in [0.05, 0.1) is 19.3 Å². The van der Waals surface area contributed by atoms with Gasteiger partial charge in [-0.15, -0.1) is 24.8 Å². The SMILES string of the molecule is CN(C)C(CNC(=O)CC1COCCN1)c1ccsc1.Cl.Cl. The third-order valence-electron chi connectivity index (χ3n) is 3.47. The number of carbonyl (C=O) groups excluding carboxylic acids is 1. The molecular weight excluding hydrogens is 345 g/mol. The average Bonchev–Trinajstić information content (AvgIpc) is 2.93. The van der Waals surface area contributed by atoms with Crippen LogP contribution in [0.4, 0.5) is 0 Å². The minimum Gasteiger partial charge on any atom is -0.378 e. The van der Waals surface area contributed by atoms with Gasteiger partial charge in [0.2, 0.25) is 5.91 Å². The highest BCUT2D eigenvalue weighted by Gasteiger charge is 2.19. The standard InChI is InChI=1S/C14H23N3O2S.2ClH/c1-17(2)13(11-3-6-20-10-11)8-16-14(18)7-12-9-19-5-4-15-12;;/h3,6,10,12-13,15H,4-5,7-9H2,1-2H3,(H,16,18);2*1H. The zero-order chi connectivity index (χ0) is 14.4.